The van der Waals surface area contributed by atoms with Gasteiger partial charge in [0, 0.05) is 10.6 Å². The number of rotatable bonds is 4. The molecule has 2 aromatic rings. The third-order valence-electron chi connectivity index (χ3n) is 2.49. The summed E-state index contributed by atoms with van der Waals surface area (Å²) in [5.41, 5.74) is 1.83. The first kappa shape index (κ1) is 13.1. The van der Waals surface area contributed by atoms with Gasteiger partial charge in [-0.3, -0.25) is 0 Å². The highest BCUT2D eigenvalue weighted by molar-refractivity contribution is 7.98. The molecule has 0 bridgehead atoms. The Bertz CT molecular complexity index is 526. The average Bonchev–Trinajstić information content (AvgIpc) is 2.40. The van der Waals surface area contributed by atoms with Gasteiger partial charge in [-0.05, 0) is 29.3 Å². The number of thioether (sulfide) groups is 1. The van der Waals surface area contributed by atoms with E-state index in [1.54, 1.807) is 0 Å². The molecule has 0 aliphatic carbocycles. The van der Waals surface area contributed by atoms with Crippen LogP contribution in [0, 0.1) is 11.6 Å². The largest absolute Gasteiger partial charge is 0.392 e. The van der Waals surface area contributed by atoms with Crippen LogP contribution in [-0.4, -0.2) is 5.11 Å². The van der Waals surface area contributed by atoms with E-state index in [9.17, 15) is 8.78 Å². The maximum atomic E-state index is 13.4. The van der Waals surface area contributed by atoms with Crippen molar-refractivity contribution in [2.24, 2.45) is 0 Å². The van der Waals surface area contributed by atoms with Crippen LogP contribution < -0.4 is 0 Å². The first-order valence-electron chi connectivity index (χ1n) is 5.45. The Balaban J connectivity index is 2.04. The molecule has 0 atom stereocenters. The monoisotopic (exact) mass is 266 g/mol. The maximum absolute atomic E-state index is 13.4. The molecule has 0 aromatic heterocycles. The van der Waals surface area contributed by atoms with Gasteiger partial charge < -0.3 is 5.11 Å². The highest BCUT2D eigenvalue weighted by Gasteiger charge is 2.05. The van der Waals surface area contributed by atoms with E-state index in [0.29, 0.717) is 10.6 Å². The van der Waals surface area contributed by atoms with Crippen molar-refractivity contribution in [3.8, 4) is 0 Å². The Morgan fingerprint density at radius 1 is 0.944 bits per heavy atom. The van der Waals surface area contributed by atoms with Crippen LogP contribution in [0.15, 0.2) is 47.4 Å². The van der Waals surface area contributed by atoms with Crippen molar-refractivity contribution in [1.82, 2.24) is 0 Å². The van der Waals surface area contributed by atoms with Gasteiger partial charge in [0.15, 0.2) is 0 Å². The first-order chi connectivity index (χ1) is 8.69. The second kappa shape index (κ2) is 5.98. The van der Waals surface area contributed by atoms with Crippen LogP contribution in [-0.2, 0) is 12.4 Å². The molecule has 1 nitrogen and oxygen atoms in total. The van der Waals surface area contributed by atoms with E-state index < -0.39 is 11.6 Å². The fraction of sp³-hybridized carbons (Fsp3) is 0.143. The van der Waals surface area contributed by atoms with Crippen molar-refractivity contribution < 1.29 is 13.9 Å². The molecule has 2 aromatic carbocycles. The van der Waals surface area contributed by atoms with Crippen molar-refractivity contribution in [3.63, 3.8) is 0 Å². The summed E-state index contributed by atoms with van der Waals surface area (Å²) in [6.45, 7) is 0.00590. The molecule has 0 saturated heterocycles. The van der Waals surface area contributed by atoms with Crippen molar-refractivity contribution in [1.29, 1.82) is 0 Å². The predicted octanol–water partition coefficient (Wildman–Crippen LogP) is 3.75. The predicted molar refractivity (Wildman–Crippen MR) is 68.3 cm³/mol. The van der Waals surface area contributed by atoms with Crippen molar-refractivity contribution in [3.05, 3.63) is 65.2 Å². The summed E-state index contributed by atoms with van der Waals surface area (Å²) in [5.74, 6) is -0.283. The van der Waals surface area contributed by atoms with Gasteiger partial charge in [0.2, 0.25) is 0 Å². The second-order valence-corrected chi connectivity index (χ2v) is 4.86. The highest BCUT2D eigenvalue weighted by atomic mass is 32.2. The molecule has 18 heavy (non-hydrogen) atoms. The lowest BCUT2D eigenvalue weighted by Crippen LogP contribution is -1.87. The van der Waals surface area contributed by atoms with Crippen LogP contribution in [0.3, 0.4) is 0 Å². The standard InChI is InChI=1S/C14H12F2OS/c15-12-5-6-13(16)14(7-12)18-9-11-3-1-10(8-17)2-4-11/h1-7,17H,8-9H2. The second-order valence-electron chi connectivity index (χ2n) is 3.84. The third kappa shape index (κ3) is 3.31. The summed E-state index contributed by atoms with van der Waals surface area (Å²) in [6.07, 6.45) is 0. The Labute approximate surface area is 108 Å². The molecular weight excluding hydrogens is 254 g/mol. The number of aliphatic hydroxyl groups is 1. The van der Waals surface area contributed by atoms with Crippen LogP contribution in [0.2, 0.25) is 0 Å². The van der Waals surface area contributed by atoms with Gasteiger partial charge >= 0.3 is 0 Å². The molecule has 1 N–H and O–H groups in total. The number of hydrogen-bond donors (Lipinski definition) is 1. The van der Waals surface area contributed by atoms with Crippen LogP contribution in [0.25, 0.3) is 0 Å². The lowest BCUT2D eigenvalue weighted by Gasteiger charge is -2.04. The van der Waals surface area contributed by atoms with Crippen LogP contribution in [0.4, 0.5) is 8.78 Å². The maximum Gasteiger partial charge on any atom is 0.136 e. The van der Waals surface area contributed by atoms with Crippen molar-refractivity contribution >= 4 is 11.8 Å². The normalized spacial score (nSPS) is 10.6. The topological polar surface area (TPSA) is 20.2 Å². The number of aliphatic hydroxyl groups excluding tert-OH is 1. The minimum absolute atomic E-state index is 0.00590. The SMILES string of the molecule is OCc1ccc(CSc2cc(F)ccc2F)cc1. The molecule has 0 heterocycles. The summed E-state index contributed by atoms with van der Waals surface area (Å²) >= 11 is 1.25. The summed E-state index contributed by atoms with van der Waals surface area (Å²) in [5, 5.41) is 8.91. The van der Waals surface area contributed by atoms with Gasteiger partial charge in [0.1, 0.15) is 11.6 Å². The summed E-state index contributed by atoms with van der Waals surface area (Å²) < 4.78 is 26.3. The molecule has 0 amide bonds. The number of halogens is 2. The number of benzene rings is 2. The van der Waals surface area contributed by atoms with Crippen molar-refractivity contribution in [2.45, 2.75) is 17.3 Å². The Morgan fingerprint density at radius 2 is 1.61 bits per heavy atom. The molecule has 2 rings (SSSR count). The molecular formula is C14H12F2OS. The quantitative estimate of drug-likeness (QED) is 0.850. The Hall–Kier alpha value is -1.39. The molecule has 0 unspecified atom stereocenters. The van der Waals surface area contributed by atoms with E-state index in [1.807, 2.05) is 24.3 Å². The van der Waals surface area contributed by atoms with E-state index in [0.717, 1.165) is 23.3 Å². The Kier molecular flexibility index (Phi) is 4.33. The van der Waals surface area contributed by atoms with Gasteiger partial charge in [0.25, 0.3) is 0 Å². The van der Waals surface area contributed by atoms with Crippen molar-refractivity contribution in [2.75, 3.05) is 0 Å². The minimum Gasteiger partial charge on any atom is -0.392 e. The molecule has 0 spiro atoms. The summed E-state index contributed by atoms with van der Waals surface area (Å²) in [6, 6.07) is 10.8. The zero-order valence-electron chi connectivity index (χ0n) is 9.57. The van der Waals surface area contributed by atoms with E-state index >= 15 is 0 Å². The molecule has 4 heteroatoms. The molecule has 0 radical (unpaired) electrons. The molecule has 0 fully saturated rings. The van der Waals surface area contributed by atoms with Gasteiger partial charge in [-0.15, -0.1) is 11.8 Å². The Morgan fingerprint density at radius 3 is 2.28 bits per heavy atom. The molecule has 0 aliphatic heterocycles. The van der Waals surface area contributed by atoms with E-state index in [2.05, 4.69) is 0 Å². The average molecular weight is 266 g/mol. The zero-order valence-corrected chi connectivity index (χ0v) is 10.4. The fourth-order valence-corrected chi connectivity index (χ4v) is 2.41. The first-order valence-corrected chi connectivity index (χ1v) is 6.44. The smallest absolute Gasteiger partial charge is 0.136 e. The number of hydrogen-bond acceptors (Lipinski definition) is 2. The van der Waals surface area contributed by atoms with Gasteiger partial charge in [-0.25, -0.2) is 8.78 Å². The zero-order chi connectivity index (χ0) is 13.0. The molecule has 0 saturated carbocycles. The lowest BCUT2D eigenvalue weighted by molar-refractivity contribution is 0.282. The molecule has 0 aliphatic rings. The highest BCUT2D eigenvalue weighted by Crippen LogP contribution is 2.26. The van der Waals surface area contributed by atoms with E-state index in [-0.39, 0.29) is 6.61 Å². The van der Waals surface area contributed by atoms with Crippen LogP contribution in [0.1, 0.15) is 11.1 Å². The van der Waals surface area contributed by atoms with Gasteiger partial charge in [-0.1, -0.05) is 24.3 Å². The third-order valence-corrected chi connectivity index (χ3v) is 3.59. The van der Waals surface area contributed by atoms with Gasteiger partial charge in [-0.2, -0.15) is 0 Å². The van der Waals surface area contributed by atoms with E-state index in [1.165, 1.54) is 17.8 Å². The summed E-state index contributed by atoms with van der Waals surface area (Å²) in [4.78, 5) is 0.307. The van der Waals surface area contributed by atoms with Gasteiger partial charge in [0.05, 0.1) is 6.61 Å². The fourth-order valence-electron chi connectivity index (χ4n) is 1.49. The van der Waals surface area contributed by atoms with Crippen LogP contribution >= 0.6 is 11.8 Å². The minimum atomic E-state index is -0.436. The van der Waals surface area contributed by atoms with Crippen LogP contribution in [0.5, 0.6) is 0 Å². The van der Waals surface area contributed by atoms with E-state index in [4.69, 9.17) is 5.11 Å². The summed E-state index contributed by atoms with van der Waals surface area (Å²) in [7, 11) is 0. The lowest BCUT2D eigenvalue weighted by atomic mass is 10.2. The molecule has 94 valence electrons.